The van der Waals surface area contributed by atoms with Gasteiger partial charge in [0.1, 0.15) is 5.82 Å². The number of nitrogens with zero attached hydrogens (tertiary/aromatic N) is 3. The number of para-hydroxylation sites is 2. The molecule has 0 fully saturated rings. The summed E-state index contributed by atoms with van der Waals surface area (Å²) in [7, 11) is 4.97. The summed E-state index contributed by atoms with van der Waals surface area (Å²) in [4.78, 5) is 9.70. The normalized spacial score (nSPS) is 13.5. The number of aromatic nitrogens is 2. The fourth-order valence-corrected chi connectivity index (χ4v) is 13.7. The summed E-state index contributed by atoms with van der Waals surface area (Å²) in [5, 5.41) is 6.19. The van der Waals surface area contributed by atoms with Gasteiger partial charge in [-0.1, -0.05) is 221 Å². The van der Waals surface area contributed by atoms with Gasteiger partial charge in [-0.3, -0.25) is 7.05 Å². The van der Waals surface area contributed by atoms with Gasteiger partial charge in [0.15, 0.2) is 0 Å². The third-order valence-corrected chi connectivity index (χ3v) is 18.1. The summed E-state index contributed by atoms with van der Waals surface area (Å²) in [6.07, 6.45) is 1.94. The van der Waals surface area contributed by atoms with Crippen LogP contribution in [-0.4, -0.2) is 9.55 Å². The van der Waals surface area contributed by atoms with Crippen LogP contribution in [0.1, 0.15) is 128 Å². The van der Waals surface area contributed by atoms with E-state index < -0.39 is 5.41 Å². The van der Waals surface area contributed by atoms with Crippen LogP contribution in [0.15, 0.2) is 204 Å². The molecule has 2 aliphatic rings. The number of rotatable bonds is 9. The Bertz CT molecular complexity index is 4300. The average Bonchev–Trinajstić information content (AvgIpc) is 1.56. The summed E-state index contributed by atoms with van der Waals surface area (Å²) in [6, 6.07) is 76.0. The molecule has 3 heterocycles. The maximum atomic E-state index is 7.14. The van der Waals surface area contributed by atoms with E-state index in [1.165, 1.54) is 70.6 Å². The molecule has 9 aromatic carbocycles. The van der Waals surface area contributed by atoms with Crippen LogP contribution in [0.25, 0.3) is 49.9 Å². The second kappa shape index (κ2) is 20.9. The Balaban J connectivity index is 0.00000694. The van der Waals surface area contributed by atoms with Gasteiger partial charge in [0.2, 0.25) is 0 Å². The van der Waals surface area contributed by atoms with Gasteiger partial charge in [0.25, 0.3) is 0 Å². The minimum atomic E-state index is -0.609. The molecule has 11 aromatic rings. The van der Waals surface area contributed by atoms with Crippen LogP contribution in [0.3, 0.4) is 0 Å². The van der Waals surface area contributed by atoms with Crippen molar-refractivity contribution in [2.24, 2.45) is 0 Å². The first kappa shape index (κ1) is 56.8. The van der Waals surface area contributed by atoms with E-state index in [9.17, 15) is 0 Å². The molecule has 1 N–H and O–H groups in total. The quantitative estimate of drug-likeness (QED) is 0.146. The first-order chi connectivity index (χ1) is 39.6. The van der Waals surface area contributed by atoms with Gasteiger partial charge in [-0.25, -0.2) is 4.98 Å². The van der Waals surface area contributed by atoms with Gasteiger partial charge in [0.05, 0.1) is 11.1 Å². The maximum absolute atomic E-state index is 7.14. The molecule has 0 atom stereocenters. The molecule has 1 aliphatic carbocycles. The van der Waals surface area contributed by atoms with E-state index in [0.717, 1.165) is 56.3 Å². The van der Waals surface area contributed by atoms with Gasteiger partial charge in [-0.2, -0.15) is 6.07 Å². The minimum Gasteiger partial charge on any atom is -0.509 e. The number of ether oxygens (including phenoxy) is 1. The summed E-state index contributed by atoms with van der Waals surface area (Å²) in [5.41, 5.74) is 19.1. The van der Waals surface area contributed by atoms with Crippen molar-refractivity contribution in [2.45, 2.75) is 120 Å². The van der Waals surface area contributed by atoms with Crippen LogP contribution >= 0.6 is 11.8 Å². The molecule has 84 heavy (non-hydrogen) atoms. The molecular weight excluding hydrogens is 1220 g/mol. The van der Waals surface area contributed by atoms with Gasteiger partial charge in [-0.05, 0) is 132 Å². The van der Waals surface area contributed by atoms with Crippen molar-refractivity contribution in [3.63, 3.8) is 0 Å². The molecule has 0 radical (unpaired) electrons. The summed E-state index contributed by atoms with van der Waals surface area (Å²) < 4.78 is 9.43. The molecule has 424 valence electrons. The predicted octanol–water partition coefficient (Wildman–Crippen LogP) is 20.9. The van der Waals surface area contributed by atoms with E-state index >= 15 is 0 Å². The van der Waals surface area contributed by atoms with Crippen LogP contribution in [0, 0.1) is 19.2 Å². The Hall–Kier alpha value is -7.63. The summed E-state index contributed by atoms with van der Waals surface area (Å²) >= 11 is 1.85. The summed E-state index contributed by atoms with van der Waals surface area (Å²) in [6.45, 7) is 27.5. The van der Waals surface area contributed by atoms with E-state index in [1.807, 2.05) is 36.2 Å². The van der Waals surface area contributed by atoms with Crippen LogP contribution in [0.2, 0.25) is 0 Å². The first-order valence-corrected chi connectivity index (χ1v) is 29.8. The van der Waals surface area contributed by atoms with Crippen molar-refractivity contribution in [1.29, 1.82) is 0 Å². The smallest absolute Gasteiger partial charge is 0.135 e. The van der Waals surface area contributed by atoms with Crippen molar-refractivity contribution in [3.8, 4) is 39.6 Å². The molecule has 1 aliphatic heterocycles. The number of hydrogen-bond acceptors (Lipinski definition) is 5. The molecule has 7 heteroatoms. The van der Waals surface area contributed by atoms with E-state index in [4.69, 9.17) is 16.8 Å². The molecule has 0 saturated heterocycles. The zero-order valence-corrected chi connectivity index (χ0v) is 53.2. The third kappa shape index (κ3) is 9.68. The number of benzene rings is 9. The molecule has 13 rings (SSSR count). The number of fused-ring (bicyclic) bond motifs is 6. The molecule has 0 bridgehead atoms. The van der Waals surface area contributed by atoms with E-state index in [-0.39, 0.29) is 42.7 Å². The van der Waals surface area contributed by atoms with Crippen LogP contribution < -0.4 is 15.0 Å². The van der Waals surface area contributed by atoms with Crippen LogP contribution in [-0.2, 0) is 48.1 Å². The largest absolute Gasteiger partial charge is 0.509 e. The monoisotopic (exact) mass is 1290 g/mol. The number of pyridine rings is 1. The topological polar surface area (TPSA) is 42.3 Å². The maximum Gasteiger partial charge on any atom is 0.135 e. The number of nitrogens with one attached hydrogen (secondary N) is 1. The Morgan fingerprint density at radius 2 is 1.08 bits per heavy atom. The Labute approximate surface area is 515 Å². The van der Waals surface area contributed by atoms with Crippen molar-refractivity contribution in [1.82, 2.24) is 9.55 Å². The minimum absolute atomic E-state index is 0. The fraction of sp³-hybridized carbons (Fsp3) is 0.221. The first-order valence-electron chi connectivity index (χ1n) is 29.0. The van der Waals surface area contributed by atoms with Crippen molar-refractivity contribution in [3.05, 3.63) is 258 Å². The zero-order valence-electron chi connectivity index (χ0n) is 50.2. The average molecular weight is 1300 g/mol. The standard InChI is InChI=1S/C77H71N4OS.Pt/c1-73(2,3)50-37-38-78-69(44-50)81-65-34-24-31-61-70(65)71-62(77(61)59-29-17-21-35-67(59)83-68-36-22-18-30-60(68)77)46-56(47-66(71)81)82-55-28-23-27-54(45-55)79-63-32-19-20-33-64(63)80(13)72-57(48-25-15-14-16-26-48)42-53(76(10,11)12)43-58(72)49-39-51(74(4,5)6)41-52(40-49)75(7,8)9;/h14-44,46,79H,13H2,1-12H3;/q-3;. The molecule has 2 aromatic heterocycles. The van der Waals surface area contributed by atoms with Crippen molar-refractivity contribution in [2.75, 3.05) is 10.2 Å². The number of hydrogen-bond donors (Lipinski definition) is 1. The molecule has 5 nitrogen and oxygen atoms in total. The molecule has 0 saturated carbocycles. The fourth-order valence-electron chi connectivity index (χ4n) is 12.5. The second-order valence-electron chi connectivity index (χ2n) is 26.7. The van der Waals surface area contributed by atoms with E-state index in [1.54, 1.807) is 0 Å². The Morgan fingerprint density at radius 3 is 1.74 bits per heavy atom. The van der Waals surface area contributed by atoms with E-state index in [0.29, 0.717) is 11.5 Å². The Kier molecular flexibility index (Phi) is 14.1. The number of anilines is 4. The molecule has 0 amide bonds. The van der Waals surface area contributed by atoms with Gasteiger partial charge >= 0.3 is 0 Å². The van der Waals surface area contributed by atoms with Gasteiger partial charge in [-0.15, -0.1) is 35.9 Å². The third-order valence-electron chi connectivity index (χ3n) is 17.0. The molecule has 0 unspecified atom stereocenters. The molecular formula is C77H71N4OPtS-3. The van der Waals surface area contributed by atoms with Gasteiger partial charge in [0, 0.05) is 76.6 Å². The van der Waals surface area contributed by atoms with Crippen LogP contribution in [0.5, 0.6) is 11.5 Å². The zero-order chi connectivity index (χ0) is 58.0. The van der Waals surface area contributed by atoms with Crippen molar-refractivity contribution >= 4 is 56.3 Å². The van der Waals surface area contributed by atoms with E-state index in [2.05, 4.69) is 280 Å². The SMILES string of the molecule is [CH2-]N(c1ccccc1Nc1[c-]c(Oc2[c-]c3c4c(c2)C2(c5ccccc5Sc5ccccc52)c2cccc(c24)n3-c2cc(C(C)(C)C)ccn2)ccc1)c1c(-c2ccccc2)cc(C(C)(C)C)cc1-c1cc(C(C)(C)C)cc(C(C)(C)C)c1.[Pt]. The van der Waals surface area contributed by atoms with Crippen molar-refractivity contribution < 1.29 is 25.8 Å². The Morgan fingerprint density at radius 1 is 0.512 bits per heavy atom. The second-order valence-corrected chi connectivity index (χ2v) is 27.8. The molecule has 1 spiro atoms. The van der Waals surface area contributed by atoms with Crippen LogP contribution in [0.4, 0.5) is 22.7 Å². The summed E-state index contributed by atoms with van der Waals surface area (Å²) in [5.74, 6) is 2.00. The predicted molar refractivity (Wildman–Crippen MR) is 348 cm³/mol. The van der Waals surface area contributed by atoms with Gasteiger partial charge < -0.3 is 19.5 Å².